The van der Waals surface area contributed by atoms with Gasteiger partial charge in [0.25, 0.3) is 5.91 Å². The third kappa shape index (κ3) is 6.38. The summed E-state index contributed by atoms with van der Waals surface area (Å²) in [6.45, 7) is 0.233. The maximum Gasteiger partial charge on any atom is 0.424 e. The van der Waals surface area contributed by atoms with Gasteiger partial charge in [-0.05, 0) is 56.2 Å². The van der Waals surface area contributed by atoms with Crippen molar-refractivity contribution in [1.29, 1.82) is 0 Å². The smallest absolute Gasteiger partial charge is 0.424 e. The Balaban J connectivity index is 1.56. The van der Waals surface area contributed by atoms with Crippen LogP contribution in [0.2, 0.25) is 5.02 Å². The Morgan fingerprint density at radius 2 is 1.93 bits per heavy atom. The number of carbonyl (C=O) groups is 2. The monoisotopic (exact) mass is 649 g/mol. The second-order valence-electron chi connectivity index (χ2n) is 10.6. The Hall–Kier alpha value is -4.43. The van der Waals surface area contributed by atoms with Crippen molar-refractivity contribution in [3.63, 3.8) is 0 Å². The van der Waals surface area contributed by atoms with Crippen LogP contribution >= 0.6 is 11.6 Å². The van der Waals surface area contributed by atoms with Crippen molar-refractivity contribution in [2.45, 2.75) is 43.9 Å². The van der Waals surface area contributed by atoms with Crippen LogP contribution in [0.1, 0.15) is 53.0 Å². The molecule has 1 saturated carbocycles. The zero-order valence-corrected chi connectivity index (χ0v) is 24.8. The normalized spacial score (nSPS) is 14.7. The van der Waals surface area contributed by atoms with Crippen LogP contribution in [-0.2, 0) is 16.8 Å². The van der Waals surface area contributed by atoms with E-state index in [2.05, 4.69) is 15.4 Å². The number of nitrogens with two attached hydrogens (primary N) is 1. The first-order valence-corrected chi connectivity index (χ1v) is 14.2. The van der Waals surface area contributed by atoms with Crippen LogP contribution in [0.5, 0.6) is 11.5 Å². The minimum absolute atomic E-state index is 0.0144. The van der Waals surface area contributed by atoms with Crippen LogP contribution in [-0.4, -0.2) is 58.0 Å². The number of hydrogen-bond donors (Lipinski definition) is 3. The number of rotatable bonds is 11. The van der Waals surface area contributed by atoms with Gasteiger partial charge in [0.1, 0.15) is 28.5 Å². The summed E-state index contributed by atoms with van der Waals surface area (Å²) in [5, 5.41) is 17.5. The summed E-state index contributed by atoms with van der Waals surface area (Å²) < 4.78 is 70.4. The van der Waals surface area contributed by atoms with E-state index in [0.29, 0.717) is 11.4 Å². The Morgan fingerprint density at radius 1 is 1.20 bits per heavy atom. The van der Waals surface area contributed by atoms with Crippen molar-refractivity contribution in [1.82, 2.24) is 19.9 Å². The summed E-state index contributed by atoms with van der Waals surface area (Å²) in [7, 11) is 1.39. The highest BCUT2D eigenvalue weighted by Crippen LogP contribution is 2.43. The van der Waals surface area contributed by atoms with E-state index >= 15 is 0 Å². The molecule has 15 heteroatoms. The Kier molecular flexibility index (Phi) is 8.64. The maximum absolute atomic E-state index is 14.7. The first kappa shape index (κ1) is 32.0. The van der Waals surface area contributed by atoms with E-state index in [0.717, 1.165) is 36.7 Å². The molecular weight excluding hydrogens is 622 g/mol. The number of fused-ring (bicyclic) bond motifs is 1. The van der Waals surface area contributed by atoms with Crippen LogP contribution in [0.4, 0.5) is 17.6 Å². The van der Waals surface area contributed by atoms with Gasteiger partial charge in [-0.3, -0.25) is 9.59 Å². The molecule has 5 rings (SSSR count). The molecule has 0 saturated heterocycles. The van der Waals surface area contributed by atoms with Crippen molar-refractivity contribution >= 4 is 28.9 Å². The van der Waals surface area contributed by atoms with E-state index in [9.17, 15) is 32.3 Å². The first-order valence-electron chi connectivity index (χ1n) is 13.8. The lowest BCUT2D eigenvalue weighted by molar-refractivity contribution is -0.265. The number of alkyl halides is 3. The van der Waals surface area contributed by atoms with E-state index in [1.165, 1.54) is 30.0 Å². The fourth-order valence-corrected chi connectivity index (χ4v) is 5.03. The van der Waals surface area contributed by atoms with Crippen LogP contribution < -0.4 is 20.5 Å². The van der Waals surface area contributed by atoms with Crippen molar-refractivity contribution in [3.8, 4) is 22.8 Å². The largest absolute Gasteiger partial charge is 0.494 e. The Bertz CT molecular complexity index is 1790. The molecule has 1 aliphatic carbocycles. The zero-order valence-electron chi connectivity index (χ0n) is 24.0. The number of primary amides is 1. The second-order valence-corrected chi connectivity index (χ2v) is 11.0. The third-order valence-corrected chi connectivity index (χ3v) is 7.62. The predicted octanol–water partition coefficient (Wildman–Crippen LogP) is 4.68. The van der Waals surface area contributed by atoms with Gasteiger partial charge < -0.3 is 25.6 Å². The number of nitrogens with zero attached hydrogens (tertiary/aromatic N) is 3. The Labute approximate surface area is 259 Å². The molecule has 10 nitrogen and oxygen atoms in total. The number of aromatic nitrogens is 3. The molecule has 1 atom stereocenters. The number of benzene rings is 1. The molecule has 0 aliphatic heterocycles. The lowest BCUT2D eigenvalue weighted by atomic mass is 9.93. The predicted molar refractivity (Wildman–Crippen MR) is 155 cm³/mol. The van der Waals surface area contributed by atoms with Crippen molar-refractivity contribution < 1.29 is 41.7 Å². The van der Waals surface area contributed by atoms with Gasteiger partial charge in [-0.1, -0.05) is 11.6 Å². The minimum atomic E-state index is -5.38. The number of amides is 2. The standard InChI is InChI=1S/C30H28ClF4N5O5/c1-3-45-27-17(11-25(36)41)10-24(38-26(27)16-6-7-20(32)19(31)8-16)29(43,30(33,34)35)14-37-28(42)18-9-23(44-2)22-12-21(15-4-5-15)39-40(22)13-18/h6-10,12-13,15,43H,3-5,11,14H2,1-2H3,(H2,36,41)(H,37,42)/t29-/m0/s1. The van der Waals surface area contributed by atoms with Crippen LogP contribution in [0, 0.1) is 5.82 Å². The van der Waals surface area contributed by atoms with Gasteiger partial charge in [-0.15, -0.1) is 0 Å². The number of nitrogens with one attached hydrogen (secondary N) is 1. The van der Waals surface area contributed by atoms with Crippen LogP contribution in [0.3, 0.4) is 0 Å². The fourth-order valence-electron chi connectivity index (χ4n) is 4.85. The molecule has 0 unspecified atom stereocenters. The lowest BCUT2D eigenvalue weighted by Crippen LogP contribution is -2.51. The van der Waals surface area contributed by atoms with Crippen molar-refractivity contribution in [2.24, 2.45) is 5.73 Å². The molecule has 1 fully saturated rings. The van der Waals surface area contributed by atoms with E-state index in [1.54, 1.807) is 6.92 Å². The highest BCUT2D eigenvalue weighted by atomic mass is 35.5. The maximum atomic E-state index is 14.7. The van der Waals surface area contributed by atoms with Gasteiger partial charge in [0.05, 0.1) is 48.7 Å². The molecule has 0 spiro atoms. The fraction of sp³-hybridized carbons (Fsp3) is 0.333. The molecule has 4 N–H and O–H groups in total. The van der Waals surface area contributed by atoms with Crippen LogP contribution in [0.25, 0.3) is 16.8 Å². The van der Waals surface area contributed by atoms with Gasteiger partial charge in [-0.25, -0.2) is 13.9 Å². The number of aliphatic hydroxyl groups is 1. The van der Waals surface area contributed by atoms with E-state index < -0.39 is 48.1 Å². The topological polar surface area (TPSA) is 141 Å². The number of halogens is 5. The van der Waals surface area contributed by atoms with Crippen LogP contribution in [0.15, 0.2) is 42.6 Å². The summed E-state index contributed by atoms with van der Waals surface area (Å²) in [5.74, 6) is -2.20. The summed E-state index contributed by atoms with van der Waals surface area (Å²) in [6.07, 6.45) is -2.66. The molecule has 0 bridgehead atoms. The molecule has 4 aromatic rings. The summed E-state index contributed by atoms with van der Waals surface area (Å²) in [4.78, 5) is 29.2. The van der Waals surface area contributed by atoms with E-state index in [4.69, 9.17) is 26.8 Å². The third-order valence-electron chi connectivity index (χ3n) is 7.33. The van der Waals surface area contributed by atoms with Gasteiger partial charge in [-0.2, -0.15) is 18.3 Å². The number of methoxy groups -OCH3 is 1. The highest BCUT2D eigenvalue weighted by molar-refractivity contribution is 6.31. The quantitative estimate of drug-likeness (QED) is 0.200. The number of pyridine rings is 2. The second kappa shape index (κ2) is 12.2. The number of ether oxygens (including phenoxy) is 2. The average Bonchev–Trinajstić information content (AvgIpc) is 3.75. The summed E-state index contributed by atoms with van der Waals surface area (Å²) >= 11 is 5.93. The zero-order chi connectivity index (χ0) is 32.7. The lowest BCUT2D eigenvalue weighted by Gasteiger charge is -2.31. The molecule has 2 amide bonds. The Morgan fingerprint density at radius 3 is 2.53 bits per heavy atom. The highest BCUT2D eigenvalue weighted by Gasteiger charge is 2.57. The average molecular weight is 650 g/mol. The molecule has 0 radical (unpaired) electrons. The van der Waals surface area contributed by atoms with Gasteiger partial charge in [0, 0.05) is 23.2 Å². The van der Waals surface area contributed by atoms with Gasteiger partial charge >= 0.3 is 6.18 Å². The van der Waals surface area contributed by atoms with E-state index in [1.807, 2.05) is 6.07 Å². The van der Waals surface area contributed by atoms with Gasteiger partial charge in [0.2, 0.25) is 11.5 Å². The first-order chi connectivity index (χ1) is 21.2. The summed E-state index contributed by atoms with van der Waals surface area (Å²) in [5.41, 5.74) is 1.59. The molecule has 3 heterocycles. The molecular formula is C30H28ClF4N5O5. The summed E-state index contributed by atoms with van der Waals surface area (Å²) in [6, 6.07) is 7.30. The minimum Gasteiger partial charge on any atom is -0.494 e. The van der Waals surface area contributed by atoms with Gasteiger partial charge in [0.15, 0.2) is 0 Å². The molecule has 3 aromatic heterocycles. The number of hydrogen-bond acceptors (Lipinski definition) is 7. The molecule has 238 valence electrons. The number of carbonyl (C=O) groups excluding carboxylic acids is 2. The molecule has 1 aromatic carbocycles. The SMILES string of the molecule is CCOc1c(CC(N)=O)cc([C@@](O)(CNC(=O)c2cc(OC)c3cc(C4CC4)nn3c2)C(F)(F)F)nc1-c1ccc(F)c(Cl)c1. The van der Waals surface area contributed by atoms with Crippen molar-refractivity contribution in [3.05, 3.63) is 75.9 Å². The molecule has 1 aliphatic rings. The molecule has 45 heavy (non-hydrogen) atoms. The van der Waals surface area contributed by atoms with E-state index in [-0.39, 0.29) is 45.5 Å². The van der Waals surface area contributed by atoms with Crippen molar-refractivity contribution in [2.75, 3.05) is 20.3 Å².